The highest BCUT2D eigenvalue weighted by atomic mass is 16.5. The van der Waals surface area contributed by atoms with Crippen LogP contribution in [-0.2, 0) is 14.3 Å². The molecule has 0 bridgehead atoms. The number of aliphatic carboxylic acids is 1. The quantitative estimate of drug-likeness (QED) is 0.109. The average molecular weight is 485 g/mol. The van der Waals surface area contributed by atoms with E-state index in [9.17, 15) is 9.59 Å². The van der Waals surface area contributed by atoms with Gasteiger partial charge in [-0.3, -0.25) is 9.59 Å². The van der Waals surface area contributed by atoms with Crippen molar-refractivity contribution in [2.75, 3.05) is 6.61 Å². The number of carboxylic acid groups (broad SMARTS) is 1. The first-order valence-corrected chi connectivity index (χ1v) is 14.9. The van der Waals surface area contributed by atoms with Crippen molar-refractivity contribution in [3.8, 4) is 0 Å². The van der Waals surface area contributed by atoms with Crippen molar-refractivity contribution in [2.24, 2.45) is 5.92 Å². The molecule has 0 aliphatic heterocycles. The van der Waals surface area contributed by atoms with Gasteiger partial charge >= 0.3 is 11.9 Å². The van der Waals surface area contributed by atoms with Crippen LogP contribution in [0.15, 0.2) is 0 Å². The molecule has 0 aliphatic carbocycles. The van der Waals surface area contributed by atoms with E-state index < -0.39 is 5.97 Å². The highest BCUT2D eigenvalue weighted by Gasteiger charge is 2.18. The Morgan fingerprint density at radius 1 is 0.559 bits per heavy atom. The van der Waals surface area contributed by atoms with Gasteiger partial charge in [0.25, 0.3) is 0 Å². The van der Waals surface area contributed by atoms with Gasteiger partial charge in [0.05, 0.1) is 12.5 Å². The molecule has 0 heterocycles. The second-order valence-electron chi connectivity index (χ2n) is 9.83. The second kappa shape index (κ2) is 30.0. The first kappa shape index (κ1) is 35.1. The summed E-state index contributed by atoms with van der Waals surface area (Å²) in [5.41, 5.74) is 0. The number of rotatable bonds is 24. The van der Waals surface area contributed by atoms with Crippen molar-refractivity contribution in [2.45, 2.75) is 169 Å². The van der Waals surface area contributed by atoms with Crippen molar-refractivity contribution in [1.29, 1.82) is 0 Å². The number of carbonyl (C=O) groups is 2. The van der Waals surface area contributed by atoms with Crippen LogP contribution < -0.4 is 0 Å². The molecule has 4 heteroatoms. The Bertz CT molecular complexity index is 422. The van der Waals surface area contributed by atoms with Gasteiger partial charge in [0.1, 0.15) is 0 Å². The summed E-state index contributed by atoms with van der Waals surface area (Å²) in [5, 5.41) is 8.41. The van der Waals surface area contributed by atoms with E-state index in [-0.39, 0.29) is 11.9 Å². The van der Waals surface area contributed by atoms with Gasteiger partial charge in [0.15, 0.2) is 0 Å². The van der Waals surface area contributed by atoms with Crippen LogP contribution in [0.4, 0.5) is 0 Å². The Morgan fingerprint density at radius 3 is 1.35 bits per heavy atom. The molecule has 0 aromatic heterocycles. The normalized spacial score (nSPS) is 11.5. The summed E-state index contributed by atoms with van der Waals surface area (Å²) < 4.78 is 5.18. The Kier molecular flexibility index (Phi) is 30.9. The molecule has 1 atom stereocenters. The molecule has 0 radical (unpaired) electrons. The molecular formula is C30H60O4. The van der Waals surface area contributed by atoms with Gasteiger partial charge in [-0.2, -0.15) is 0 Å². The van der Waals surface area contributed by atoms with E-state index in [0.29, 0.717) is 13.0 Å². The number of unbranched alkanes of at least 4 members (excludes halogenated alkanes) is 16. The van der Waals surface area contributed by atoms with Gasteiger partial charge in [0, 0.05) is 6.42 Å². The fraction of sp³-hybridized carbons (Fsp3) is 0.933. The maximum absolute atomic E-state index is 11.9. The van der Waals surface area contributed by atoms with Crippen molar-refractivity contribution >= 4 is 11.9 Å². The number of esters is 1. The van der Waals surface area contributed by atoms with Crippen molar-refractivity contribution in [3.63, 3.8) is 0 Å². The van der Waals surface area contributed by atoms with Crippen LogP contribution in [0.3, 0.4) is 0 Å². The lowest BCUT2D eigenvalue weighted by Crippen LogP contribution is -2.17. The standard InChI is InChI=1S/C18H36O2.C12H24O2/c1-4-7-9-10-11-12-13-14-16-17(15-8-5-2)18(19)20-6-3;1-2-3-4-5-6-7-8-9-10-11-12(13)14/h17H,4-16H2,1-3H3;2-11H2,1H3,(H,13,14). The molecule has 0 fully saturated rings. The molecule has 0 amide bonds. The maximum Gasteiger partial charge on any atom is 0.308 e. The number of carbonyl (C=O) groups excluding carboxylic acids is 1. The first-order valence-electron chi connectivity index (χ1n) is 14.9. The lowest BCUT2D eigenvalue weighted by Gasteiger charge is -2.15. The molecule has 0 spiro atoms. The Labute approximate surface area is 213 Å². The molecule has 0 aromatic rings. The number of carboxylic acids is 1. The van der Waals surface area contributed by atoms with E-state index in [2.05, 4.69) is 20.8 Å². The molecular weight excluding hydrogens is 424 g/mol. The number of ether oxygens (including phenoxy) is 1. The molecule has 1 N–H and O–H groups in total. The van der Waals surface area contributed by atoms with Gasteiger partial charge in [-0.15, -0.1) is 0 Å². The second-order valence-corrected chi connectivity index (χ2v) is 9.83. The summed E-state index contributed by atoms with van der Waals surface area (Å²) in [4.78, 5) is 22.1. The van der Waals surface area contributed by atoms with Crippen LogP contribution in [-0.4, -0.2) is 23.7 Å². The van der Waals surface area contributed by atoms with Crippen LogP contribution in [0.5, 0.6) is 0 Å². The Balaban J connectivity index is 0. The summed E-state index contributed by atoms with van der Waals surface area (Å²) in [6, 6.07) is 0. The minimum absolute atomic E-state index is 0.0314. The van der Waals surface area contributed by atoms with Gasteiger partial charge in [0.2, 0.25) is 0 Å². The molecule has 1 unspecified atom stereocenters. The molecule has 0 aromatic carbocycles. The third-order valence-corrected chi connectivity index (χ3v) is 6.43. The Morgan fingerprint density at radius 2 is 0.941 bits per heavy atom. The molecule has 0 saturated carbocycles. The van der Waals surface area contributed by atoms with Crippen LogP contribution in [0.1, 0.15) is 169 Å². The molecule has 0 saturated heterocycles. The SMILES string of the molecule is CCCCCCCCCCC(CCCC)C(=O)OCC.CCCCCCCCCCCC(=O)O. The average Bonchev–Trinajstić information content (AvgIpc) is 2.82. The molecule has 34 heavy (non-hydrogen) atoms. The monoisotopic (exact) mass is 484 g/mol. The zero-order chi connectivity index (χ0) is 25.7. The Hall–Kier alpha value is -1.06. The summed E-state index contributed by atoms with van der Waals surface area (Å²) >= 11 is 0. The highest BCUT2D eigenvalue weighted by Crippen LogP contribution is 2.19. The van der Waals surface area contributed by atoms with Gasteiger partial charge in [-0.05, 0) is 26.2 Å². The van der Waals surface area contributed by atoms with E-state index in [1.54, 1.807) is 0 Å². The summed E-state index contributed by atoms with van der Waals surface area (Å²) in [5.74, 6) is -0.480. The van der Waals surface area contributed by atoms with Gasteiger partial charge < -0.3 is 9.84 Å². The zero-order valence-electron chi connectivity index (χ0n) is 23.5. The van der Waals surface area contributed by atoms with Crippen LogP contribution in [0.2, 0.25) is 0 Å². The topological polar surface area (TPSA) is 63.6 Å². The predicted octanol–water partition coefficient (Wildman–Crippen LogP) is 9.88. The lowest BCUT2D eigenvalue weighted by molar-refractivity contribution is -0.148. The van der Waals surface area contributed by atoms with E-state index in [1.165, 1.54) is 96.3 Å². The fourth-order valence-corrected chi connectivity index (χ4v) is 4.20. The van der Waals surface area contributed by atoms with Crippen molar-refractivity contribution in [1.82, 2.24) is 0 Å². The van der Waals surface area contributed by atoms with E-state index in [0.717, 1.165) is 38.5 Å². The summed E-state index contributed by atoms with van der Waals surface area (Å²) in [6.07, 6.45) is 26.4. The third-order valence-electron chi connectivity index (χ3n) is 6.43. The minimum Gasteiger partial charge on any atom is -0.481 e. The van der Waals surface area contributed by atoms with Crippen molar-refractivity contribution in [3.05, 3.63) is 0 Å². The minimum atomic E-state index is -0.659. The maximum atomic E-state index is 11.9. The lowest BCUT2D eigenvalue weighted by atomic mass is 9.95. The largest absolute Gasteiger partial charge is 0.481 e. The molecule has 0 rings (SSSR count). The van der Waals surface area contributed by atoms with Crippen LogP contribution in [0.25, 0.3) is 0 Å². The van der Waals surface area contributed by atoms with Crippen molar-refractivity contribution < 1.29 is 19.4 Å². The summed E-state index contributed by atoms with van der Waals surface area (Å²) in [6.45, 7) is 9.07. The van der Waals surface area contributed by atoms with Gasteiger partial charge in [-0.25, -0.2) is 0 Å². The number of hydrogen-bond acceptors (Lipinski definition) is 3. The van der Waals surface area contributed by atoms with Crippen LogP contribution in [0, 0.1) is 5.92 Å². The molecule has 0 aliphatic rings. The molecule has 204 valence electrons. The molecule has 4 nitrogen and oxygen atoms in total. The van der Waals surface area contributed by atoms with Crippen LogP contribution >= 0.6 is 0 Å². The van der Waals surface area contributed by atoms with Gasteiger partial charge in [-0.1, -0.05) is 136 Å². The van der Waals surface area contributed by atoms with E-state index in [4.69, 9.17) is 9.84 Å². The zero-order valence-corrected chi connectivity index (χ0v) is 23.5. The fourth-order valence-electron chi connectivity index (χ4n) is 4.20. The van der Waals surface area contributed by atoms with E-state index in [1.807, 2.05) is 6.92 Å². The first-order chi connectivity index (χ1) is 16.5. The number of hydrogen-bond donors (Lipinski definition) is 1. The van der Waals surface area contributed by atoms with E-state index >= 15 is 0 Å². The summed E-state index contributed by atoms with van der Waals surface area (Å²) in [7, 11) is 0. The smallest absolute Gasteiger partial charge is 0.308 e. The third kappa shape index (κ3) is 29.0. The predicted molar refractivity (Wildman–Crippen MR) is 146 cm³/mol. The highest BCUT2D eigenvalue weighted by molar-refractivity contribution is 5.72.